The molecule has 0 spiro atoms. The summed E-state index contributed by atoms with van der Waals surface area (Å²) in [4.78, 5) is 12.4. The number of amides is 1. The summed E-state index contributed by atoms with van der Waals surface area (Å²) in [5, 5.41) is 11.3. The zero-order valence-electron chi connectivity index (χ0n) is 17.6. The van der Waals surface area contributed by atoms with Crippen LogP contribution in [0.1, 0.15) is 37.1 Å². The smallest absolute Gasteiger partial charge is 0.238 e. The van der Waals surface area contributed by atoms with Crippen molar-refractivity contribution < 1.29 is 13.2 Å². The Morgan fingerprint density at radius 2 is 1.32 bits per heavy atom. The number of rotatable bonds is 8. The van der Waals surface area contributed by atoms with Crippen LogP contribution in [0.2, 0.25) is 0 Å². The molecule has 1 amide bonds. The number of nitrogens with two attached hydrogens (primary N) is 1. The van der Waals surface area contributed by atoms with Gasteiger partial charge in [-0.05, 0) is 48.2 Å². The van der Waals surface area contributed by atoms with Gasteiger partial charge in [-0.1, -0.05) is 66.7 Å². The van der Waals surface area contributed by atoms with Crippen molar-refractivity contribution in [2.75, 3.05) is 6.54 Å². The van der Waals surface area contributed by atoms with Crippen LogP contribution in [-0.2, 0) is 14.8 Å². The zero-order valence-corrected chi connectivity index (χ0v) is 18.4. The fourth-order valence-corrected chi connectivity index (χ4v) is 3.80. The van der Waals surface area contributed by atoms with Crippen molar-refractivity contribution in [3.63, 3.8) is 0 Å². The van der Waals surface area contributed by atoms with Gasteiger partial charge in [0, 0.05) is 6.04 Å². The van der Waals surface area contributed by atoms with E-state index in [1.807, 2.05) is 44.2 Å². The normalized spacial score (nSPS) is 13.4. The fourth-order valence-electron chi connectivity index (χ4n) is 3.28. The second-order valence-corrected chi connectivity index (χ2v) is 9.06. The first-order valence-electron chi connectivity index (χ1n) is 10.0. The molecule has 7 heteroatoms. The molecule has 3 rings (SSSR count). The highest BCUT2D eigenvalue weighted by Gasteiger charge is 2.13. The second kappa shape index (κ2) is 9.87. The predicted octanol–water partition coefficient (Wildman–Crippen LogP) is 3.53. The first kappa shape index (κ1) is 22.7. The number of primary sulfonamides is 1. The lowest BCUT2D eigenvalue weighted by molar-refractivity contribution is -0.121. The number of hydrogen-bond donors (Lipinski definition) is 3. The van der Waals surface area contributed by atoms with Gasteiger partial charge in [0.1, 0.15) is 0 Å². The van der Waals surface area contributed by atoms with Crippen molar-refractivity contribution >= 4 is 15.9 Å². The van der Waals surface area contributed by atoms with Gasteiger partial charge in [0.25, 0.3) is 0 Å². The van der Waals surface area contributed by atoms with Crippen LogP contribution in [0.5, 0.6) is 0 Å². The van der Waals surface area contributed by atoms with Gasteiger partial charge in [0.2, 0.25) is 15.9 Å². The molecule has 0 saturated carbocycles. The molecule has 3 aromatic carbocycles. The number of hydrogen-bond acceptors (Lipinski definition) is 4. The molecule has 162 valence electrons. The van der Waals surface area contributed by atoms with Crippen molar-refractivity contribution in [3.8, 4) is 11.1 Å². The zero-order chi connectivity index (χ0) is 22.4. The van der Waals surface area contributed by atoms with Crippen molar-refractivity contribution in [2.24, 2.45) is 5.14 Å². The quantitative estimate of drug-likeness (QED) is 0.502. The third-order valence-corrected chi connectivity index (χ3v) is 6.10. The highest BCUT2D eigenvalue weighted by molar-refractivity contribution is 7.89. The Labute approximate surface area is 183 Å². The maximum Gasteiger partial charge on any atom is 0.238 e. The molecule has 6 nitrogen and oxygen atoms in total. The molecule has 0 aliphatic carbocycles. The highest BCUT2D eigenvalue weighted by Crippen LogP contribution is 2.22. The lowest BCUT2D eigenvalue weighted by Gasteiger charge is -2.18. The average Bonchev–Trinajstić information content (AvgIpc) is 2.77. The molecule has 3 aromatic rings. The molecule has 0 bridgehead atoms. The van der Waals surface area contributed by atoms with E-state index in [2.05, 4.69) is 34.9 Å². The summed E-state index contributed by atoms with van der Waals surface area (Å²) in [6, 6.07) is 24.3. The minimum Gasteiger partial charge on any atom is -0.348 e. The first-order valence-corrected chi connectivity index (χ1v) is 11.6. The highest BCUT2D eigenvalue weighted by atomic mass is 32.2. The van der Waals surface area contributed by atoms with Gasteiger partial charge in [-0.25, -0.2) is 13.6 Å². The predicted molar refractivity (Wildman–Crippen MR) is 123 cm³/mol. The lowest BCUT2D eigenvalue weighted by atomic mass is 10.0. The topological polar surface area (TPSA) is 101 Å². The number of carbonyl (C=O) groups is 1. The molecule has 0 aromatic heterocycles. The summed E-state index contributed by atoms with van der Waals surface area (Å²) in [6.07, 6.45) is 0. The van der Waals surface area contributed by atoms with Crippen LogP contribution < -0.4 is 15.8 Å². The van der Waals surface area contributed by atoms with Crippen LogP contribution in [0.15, 0.2) is 83.8 Å². The Morgan fingerprint density at radius 3 is 1.90 bits per heavy atom. The van der Waals surface area contributed by atoms with Crippen LogP contribution in [0.4, 0.5) is 0 Å². The van der Waals surface area contributed by atoms with Gasteiger partial charge in [0.05, 0.1) is 17.5 Å². The molecule has 4 N–H and O–H groups in total. The van der Waals surface area contributed by atoms with Crippen LogP contribution in [0.3, 0.4) is 0 Å². The van der Waals surface area contributed by atoms with Gasteiger partial charge in [-0.15, -0.1) is 0 Å². The Morgan fingerprint density at radius 1 is 0.806 bits per heavy atom. The molecule has 2 unspecified atom stereocenters. The molecule has 0 aliphatic heterocycles. The first-order chi connectivity index (χ1) is 14.7. The van der Waals surface area contributed by atoms with Crippen LogP contribution in [-0.4, -0.2) is 20.9 Å². The van der Waals surface area contributed by atoms with Gasteiger partial charge < -0.3 is 10.6 Å². The van der Waals surface area contributed by atoms with E-state index < -0.39 is 10.0 Å². The maximum absolute atomic E-state index is 12.4. The number of nitrogens with one attached hydrogen (secondary N) is 2. The Bertz CT molecular complexity index is 1110. The van der Waals surface area contributed by atoms with E-state index in [9.17, 15) is 13.2 Å². The molecule has 0 heterocycles. The van der Waals surface area contributed by atoms with E-state index in [0.717, 1.165) is 22.3 Å². The van der Waals surface area contributed by atoms with Gasteiger partial charge >= 0.3 is 0 Å². The van der Waals surface area contributed by atoms with Gasteiger partial charge in [-0.3, -0.25) is 4.79 Å². The molecular formula is C24H27N3O3S. The molecule has 0 saturated heterocycles. The Balaban J connectivity index is 1.52. The summed E-state index contributed by atoms with van der Waals surface area (Å²) in [7, 11) is -3.71. The summed E-state index contributed by atoms with van der Waals surface area (Å²) in [6.45, 7) is 4.00. The van der Waals surface area contributed by atoms with Gasteiger partial charge in [0.15, 0.2) is 0 Å². The summed E-state index contributed by atoms with van der Waals surface area (Å²) in [5.74, 6) is -0.118. The summed E-state index contributed by atoms with van der Waals surface area (Å²) >= 11 is 0. The largest absolute Gasteiger partial charge is 0.348 e. The standard InChI is InChI=1S/C24H27N3O3S/c1-17(19-12-14-23(15-13-19)31(25,29)30)26-16-24(28)27-18(2)20-8-10-22(11-9-20)21-6-4-3-5-7-21/h3-15,17-18,26H,16H2,1-2H3,(H,27,28)(H2,25,29,30). The maximum atomic E-state index is 12.4. The van der Waals surface area contributed by atoms with Gasteiger partial charge in [-0.2, -0.15) is 0 Å². The molecule has 0 fully saturated rings. The van der Waals surface area contributed by atoms with E-state index in [1.54, 1.807) is 12.1 Å². The minimum absolute atomic E-state index is 0.0632. The van der Waals surface area contributed by atoms with E-state index >= 15 is 0 Å². The van der Waals surface area contributed by atoms with Crippen LogP contribution in [0.25, 0.3) is 11.1 Å². The third-order valence-electron chi connectivity index (χ3n) is 5.17. The van der Waals surface area contributed by atoms with Crippen molar-refractivity contribution in [1.29, 1.82) is 0 Å². The van der Waals surface area contributed by atoms with E-state index in [0.29, 0.717) is 0 Å². The van der Waals surface area contributed by atoms with Crippen LogP contribution >= 0.6 is 0 Å². The number of sulfonamides is 1. The lowest BCUT2D eigenvalue weighted by Crippen LogP contribution is -2.36. The molecule has 31 heavy (non-hydrogen) atoms. The molecule has 2 atom stereocenters. The van der Waals surface area contributed by atoms with E-state index in [-0.39, 0.29) is 29.4 Å². The van der Waals surface area contributed by atoms with Crippen molar-refractivity contribution in [1.82, 2.24) is 10.6 Å². The fraction of sp³-hybridized carbons (Fsp3) is 0.208. The number of carbonyl (C=O) groups excluding carboxylic acids is 1. The second-order valence-electron chi connectivity index (χ2n) is 7.49. The number of benzene rings is 3. The van der Waals surface area contributed by atoms with Crippen LogP contribution in [0, 0.1) is 0 Å². The summed E-state index contributed by atoms with van der Waals surface area (Å²) < 4.78 is 22.7. The van der Waals surface area contributed by atoms with Crippen molar-refractivity contribution in [3.05, 3.63) is 90.0 Å². The minimum atomic E-state index is -3.71. The van der Waals surface area contributed by atoms with E-state index in [1.165, 1.54) is 12.1 Å². The Hall–Kier alpha value is -3.00. The van der Waals surface area contributed by atoms with E-state index in [4.69, 9.17) is 5.14 Å². The average molecular weight is 438 g/mol. The monoisotopic (exact) mass is 437 g/mol. The molecule has 0 radical (unpaired) electrons. The van der Waals surface area contributed by atoms with Crippen molar-refractivity contribution in [2.45, 2.75) is 30.8 Å². The Kier molecular flexibility index (Phi) is 7.22. The third kappa shape index (κ3) is 6.24. The summed E-state index contributed by atoms with van der Waals surface area (Å²) in [5.41, 5.74) is 4.18. The SMILES string of the molecule is CC(NCC(=O)NC(C)c1ccc(-c2ccccc2)cc1)c1ccc(S(N)(=O)=O)cc1. The molecule has 0 aliphatic rings. The molecular weight excluding hydrogens is 410 g/mol.